The molecular formula is C25H30N2O7. The quantitative estimate of drug-likeness (QED) is 0.404. The van der Waals surface area contributed by atoms with Gasteiger partial charge >= 0.3 is 0 Å². The van der Waals surface area contributed by atoms with Gasteiger partial charge in [-0.25, -0.2) is 0 Å². The predicted molar refractivity (Wildman–Crippen MR) is 123 cm³/mol. The molecule has 1 amide bonds. The Morgan fingerprint density at radius 2 is 1.76 bits per heavy atom. The first kappa shape index (κ1) is 24.0. The van der Waals surface area contributed by atoms with Crippen LogP contribution in [0.4, 0.5) is 0 Å². The van der Waals surface area contributed by atoms with Crippen molar-refractivity contribution in [2.24, 2.45) is 17.6 Å². The fourth-order valence-electron chi connectivity index (χ4n) is 5.82. The Morgan fingerprint density at radius 1 is 1.15 bits per heavy atom. The van der Waals surface area contributed by atoms with E-state index in [2.05, 4.69) is 0 Å². The Kier molecular flexibility index (Phi) is 5.23. The summed E-state index contributed by atoms with van der Waals surface area (Å²) in [7, 11) is 3.14. The maximum Gasteiger partial charge on any atom is 0.255 e. The van der Waals surface area contributed by atoms with E-state index in [0.717, 1.165) is 0 Å². The number of fused-ring (bicyclic) bond motifs is 3. The first-order valence-corrected chi connectivity index (χ1v) is 11.1. The number of aliphatic hydroxyl groups is 3. The molecule has 0 radical (unpaired) electrons. The maximum atomic E-state index is 13.8. The summed E-state index contributed by atoms with van der Waals surface area (Å²) in [5.41, 5.74) is 2.62. The summed E-state index contributed by atoms with van der Waals surface area (Å²) in [5.74, 6) is -6.38. The van der Waals surface area contributed by atoms with E-state index in [0.29, 0.717) is 11.1 Å². The monoisotopic (exact) mass is 470 g/mol. The van der Waals surface area contributed by atoms with E-state index in [4.69, 9.17) is 5.73 Å². The Hall–Kier alpha value is -3.17. The van der Waals surface area contributed by atoms with Crippen molar-refractivity contribution >= 4 is 23.2 Å². The number of hydrogen-bond donors (Lipinski definition) is 5. The minimum absolute atomic E-state index is 0.0769. The topological polar surface area (TPSA) is 161 Å². The summed E-state index contributed by atoms with van der Waals surface area (Å²) in [5, 5.41) is 44.6. The van der Waals surface area contributed by atoms with Gasteiger partial charge in [0.2, 0.25) is 5.78 Å². The lowest BCUT2D eigenvalue weighted by Gasteiger charge is -2.50. The number of phenolic OH excluding ortho intramolecular Hbond substituents is 1. The number of aromatic hydroxyl groups is 1. The van der Waals surface area contributed by atoms with Crippen molar-refractivity contribution in [1.82, 2.24) is 4.90 Å². The SMILES string of the molecule is CN(C)[C@H]1C(=O)C(C(N)=O)=C(O)[C@]2(O)C(=O)C3=C(O)c4c(ccc(C(C)(C)C)c4O)C[C@@H]3C[C@H]12. The lowest BCUT2D eigenvalue weighted by Crippen LogP contribution is -2.65. The summed E-state index contributed by atoms with van der Waals surface area (Å²) in [4.78, 5) is 40.3. The fourth-order valence-corrected chi connectivity index (χ4v) is 5.82. The van der Waals surface area contributed by atoms with Gasteiger partial charge in [-0.15, -0.1) is 0 Å². The summed E-state index contributed by atoms with van der Waals surface area (Å²) >= 11 is 0. The van der Waals surface area contributed by atoms with E-state index < -0.39 is 63.5 Å². The Morgan fingerprint density at radius 3 is 2.29 bits per heavy atom. The number of benzene rings is 1. The van der Waals surface area contributed by atoms with Gasteiger partial charge in [0.15, 0.2) is 11.4 Å². The van der Waals surface area contributed by atoms with Crippen molar-refractivity contribution < 1.29 is 34.8 Å². The van der Waals surface area contributed by atoms with Crippen LogP contribution in [0.2, 0.25) is 0 Å². The summed E-state index contributed by atoms with van der Waals surface area (Å²) in [6.45, 7) is 5.70. The number of carbonyl (C=O) groups excluding carboxylic acids is 3. The van der Waals surface area contributed by atoms with Crippen molar-refractivity contribution in [3.05, 3.63) is 45.7 Å². The standard InChI is InChI=1S/C25H30N2O7/c1-24(2,3)12-7-6-10-8-11-9-13-17(27(4)5)20(30)16(23(26)33)22(32)25(13,34)21(31)15(11)19(29)14(10)18(12)28/h6-7,11,13,17,28-29,32,34H,8-9H2,1-5H3,(H2,26,33)/t11-,13-,17-,25-/m1/s1. The summed E-state index contributed by atoms with van der Waals surface area (Å²) < 4.78 is 0. The van der Waals surface area contributed by atoms with Crippen LogP contribution in [0.15, 0.2) is 29.0 Å². The van der Waals surface area contributed by atoms with Crippen LogP contribution >= 0.6 is 0 Å². The average molecular weight is 471 g/mol. The number of nitrogens with zero attached hydrogens (tertiary/aromatic N) is 1. The van der Waals surface area contributed by atoms with Crippen LogP contribution < -0.4 is 5.73 Å². The van der Waals surface area contributed by atoms with Crippen LogP contribution in [-0.2, 0) is 26.2 Å². The predicted octanol–water partition coefficient (Wildman–Crippen LogP) is 1.26. The number of amides is 1. The molecule has 0 bridgehead atoms. The maximum absolute atomic E-state index is 13.8. The van der Waals surface area contributed by atoms with Gasteiger partial charge in [0, 0.05) is 17.1 Å². The smallest absolute Gasteiger partial charge is 0.255 e. The van der Waals surface area contributed by atoms with Gasteiger partial charge in [-0.3, -0.25) is 19.3 Å². The van der Waals surface area contributed by atoms with Crippen molar-refractivity contribution in [2.75, 3.05) is 14.1 Å². The third-order valence-electron chi connectivity index (χ3n) is 7.40. The number of likely N-dealkylation sites (N-methyl/N-ethyl adjacent to an activating group) is 1. The molecule has 0 spiro atoms. The number of phenols is 1. The van der Waals surface area contributed by atoms with Crippen LogP contribution in [0.3, 0.4) is 0 Å². The van der Waals surface area contributed by atoms with E-state index in [9.17, 15) is 34.8 Å². The van der Waals surface area contributed by atoms with E-state index in [1.54, 1.807) is 26.2 Å². The summed E-state index contributed by atoms with van der Waals surface area (Å²) in [6, 6.07) is 2.49. The molecule has 3 aliphatic rings. The molecule has 182 valence electrons. The third kappa shape index (κ3) is 3.03. The molecule has 34 heavy (non-hydrogen) atoms. The molecule has 9 heteroatoms. The van der Waals surface area contributed by atoms with Crippen LogP contribution in [0.5, 0.6) is 5.75 Å². The molecule has 9 nitrogen and oxygen atoms in total. The molecule has 6 N–H and O–H groups in total. The molecule has 1 aromatic rings. The minimum atomic E-state index is -2.62. The number of primary amides is 1. The Balaban J connectivity index is 1.97. The van der Waals surface area contributed by atoms with Crippen LogP contribution in [0, 0.1) is 11.8 Å². The molecule has 1 fully saturated rings. The molecule has 1 saturated carbocycles. The fraction of sp³-hybridized carbons (Fsp3) is 0.480. The molecule has 0 aliphatic heterocycles. The van der Waals surface area contributed by atoms with Gasteiger partial charge in [0.25, 0.3) is 5.91 Å². The van der Waals surface area contributed by atoms with Gasteiger partial charge in [-0.2, -0.15) is 0 Å². The number of aliphatic hydroxyl groups excluding tert-OH is 2. The average Bonchev–Trinajstić information content (AvgIpc) is 2.69. The van der Waals surface area contributed by atoms with Crippen molar-refractivity contribution in [1.29, 1.82) is 0 Å². The second kappa shape index (κ2) is 7.41. The highest BCUT2D eigenvalue weighted by Crippen LogP contribution is 2.53. The molecule has 0 unspecified atom stereocenters. The molecule has 4 atom stereocenters. The largest absolute Gasteiger partial charge is 0.508 e. The Bertz CT molecular complexity index is 1200. The Labute approximate surface area is 197 Å². The van der Waals surface area contributed by atoms with E-state index in [-0.39, 0.29) is 29.7 Å². The number of rotatable bonds is 2. The van der Waals surface area contributed by atoms with E-state index >= 15 is 0 Å². The van der Waals surface area contributed by atoms with Gasteiger partial charge in [0.1, 0.15) is 22.8 Å². The number of nitrogens with two attached hydrogens (primary N) is 1. The first-order valence-electron chi connectivity index (χ1n) is 11.1. The van der Waals surface area contributed by atoms with Gasteiger partial charge in [-0.05, 0) is 43.8 Å². The normalized spacial score (nSPS) is 29.2. The lowest BCUT2D eigenvalue weighted by molar-refractivity contribution is -0.153. The lowest BCUT2D eigenvalue weighted by atomic mass is 9.57. The molecular weight excluding hydrogens is 440 g/mol. The van der Waals surface area contributed by atoms with Crippen LogP contribution in [0.1, 0.15) is 43.9 Å². The summed E-state index contributed by atoms with van der Waals surface area (Å²) in [6.07, 6.45) is 0.361. The molecule has 1 aromatic carbocycles. The molecule has 0 saturated heterocycles. The van der Waals surface area contributed by atoms with Crippen LogP contribution in [-0.4, -0.2) is 68.5 Å². The van der Waals surface area contributed by atoms with Crippen molar-refractivity contribution in [2.45, 2.75) is 50.7 Å². The van der Waals surface area contributed by atoms with E-state index in [1.807, 2.05) is 20.8 Å². The third-order valence-corrected chi connectivity index (χ3v) is 7.40. The molecule has 4 rings (SSSR count). The zero-order valence-corrected chi connectivity index (χ0v) is 19.8. The minimum Gasteiger partial charge on any atom is -0.508 e. The molecule has 0 heterocycles. The number of Topliss-reactive ketones (excluding diaryl/α,β-unsaturated/α-hetero) is 2. The highest BCUT2D eigenvalue weighted by Gasteiger charge is 2.64. The van der Waals surface area contributed by atoms with Gasteiger partial charge < -0.3 is 26.2 Å². The zero-order chi connectivity index (χ0) is 25.5. The van der Waals surface area contributed by atoms with Gasteiger partial charge in [-0.1, -0.05) is 32.9 Å². The van der Waals surface area contributed by atoms with Crippen molar-refractivity contribution in [3.63, 3.8) is 0 Å². The zero-order valence-electron chi connectivity index (χ0n) is 19.8. The number of ketones is 2. The number of hydrogen-bond acceptors (Lipinski definition) is 8. The first-order chi connectivity index (χ1) is 15.6. The highest BCUT2D eigenvalue weighted by molar-refractivity contribution is 6.24. The molecule has 3 aliphatic carbocycles. The second-order valence-corrected chi connectivity index (χ2v) is 10.7. The second-order valence-electron chi connectivity index (χ2n) is 10.7. The van der Waals surface area contributed by atoms with E-state index in [1.165, 1.54) is 4.90 Å². The number of carbonyl (C=O) groups is 3. The van der Waals surface area contributed by atoms with Gasteiger partial charge in [0.05, 0.1) is 11.6 Å². The van der Waals surface area contributed by atoms with Crippen LogP contribution in [0.25, 0.3) is 5.76 Å². The van der Waals surface area contributed by atoms with Crippen molar-refractivity contribution in [3.8, 4) is 5.75 Å². The highest BCUT2D eigenvalue weighted by atomic mass is 16.3. The molecule has 0 aromatic heterocycles.